The van der Waals surface area contributed by atoms with Gasteiger partial charge in [-0.3, -0.25) is 9.48 Å². The molecule has 144 valence electrons. The molecule has 1 aliphatic rings. The van der Waals surface area contributed by atoms with Gasteiger partial charge < -0.3 is 4.74 Å². The van der Waals surface area contributed by atoms with Gasteiger partial charge in [0.2, 0.25) is 11.7 Å². The topological polar surface area (TPSA) is 56.5 Å². The Balaban J connectivity index is 1.89. The van der Waals surface area contributed by atoms with Crippen molar-refractivity contribution in [3.05, 3.63) is 52.8 Å². The number of carbonyl (C=O) groups is 1. The van der Waals surface area contributed by atoms with Gasteiger partial charge in [-0.05, 0) is 58.7 Å². The first-order valence-corrected chi connectivity index (χ1v) is 9.46. The van der Waals surface area contributed by atoms with Gasteiger partial charge in [-0.1, -0.05) is 26.0 Å². The number of rotatable bonds is 4. The van der Waals surface area contributed by atoms with E-state index in [2.05, 4.69) is 44.7 Å². The summed E-state index contributed by atoms with van der Waals surface area (Å²) in [5.74, 6) is 0.862. The van der Waals surface area contributed by atoms with E-state index >= 15 is 0 Å². The highest BCUT2D eigenvalue weighted by Gasteiger charge is 2.27. The van der Waals surface area contributed by atoms with Crippen LogP contribution >= 0.6 is 0 Å². The van der Waals surface area contributed by atoms with Crippen LogP contribution in [-0.2, 0) is 10.3 Å². The maximum atomic E-state index is 13.0. The minimum atomic E-state index is -0.198. The third-order valence-electron chi connectivity index (χ3n) is 4.56. The molecule has 0 aliphatic carbocycles. The van der Waals surface area contributed by atoms with E-state index in [4.69, 9.17) is 4.74 Å². The third kappa shape index (κ3) is 3.97. The maximum Gasteiger partial charge on any atom is 0.216 e. The number of hydrogen-bond acceptors (Lipinski definition) is 4. The van der Waals surface area contributed by atoms with Crippen LogP contribution in [0.5, 0.6) is 0 Å². The number of benzene rings is 1. The minimum absolute atomic E-state index is 0.0685. The second kappa shape index (κ2) is 6.63. The van der Waals surface area contributed by atoms with Crippen LogP contribution in [0.4, 0.5) is 0 Å². The van der Waals surface area contributed by atoms with E-state index in [9.17, 15) is 4.79 Å². The predicted octanol–water partition coefficient (Wildman–Crippen LogP) is 4.55. The summed E-state index contributed by atoms with van der Waals surface area (Å²) in [5.41, 5.74) is 2.69. The molecule has 1 aromatic carbocycles. The highest BCUT2D eigenvalue weighted by molar-refractivity contribution is 6.08. The molecular formula is C22H29N3O2. The molecule has 5 nitrogen and oxygen atoms in total. The van der Waals surface area contributed by atoms with E-state index in [0.717, 1.165) is 11.3 Å². The Labute approximate surface area is 161 Å². The summed E-state index contributed by atoms with van der Waals surface area (Å²) in [5, 5.41) is 4.62. The molecule has 1 aliphatic heterocycles. The van der Waals surface area contributed by atoms with Crippen LogP contribution in [-0.4, -0.2) is 33.6 Å². The molecular weight excluding hydrogens is 338 g/mol. The van der Waals surface area contributed by atoms with Gasteiger partial charge in [-0.2, -0.15) is 5.10 Å². The second-order valence-corrected chi connectivity index (χ2v) is 9.12. The largest absolute Gasteiger partial charge is 0.475 e. The van der Waals surface area contributed by atoms with Gasteiger partial charge in [-0.25, -0.2) is 4.99 Å². The van der Waals surface area contributed by atoms with Gasteiger partial charge in [-0.15, -0.1) is 0 Å². The minimum Gasteiger partial charge on any atom is -0.475 e. The highest BCUT2D eigenvalue weighted by atomic mass is 16.5. The fourth-order valence-corrected chi connectivity index (χ4v) is 3.10. The SMILES string of the molecule is CC(C)c1cc(C(=O)c2ccc(C3=NC(C)(C)CO3)cc2)nn1C(C)(C)C. The molecule has 0 bridgehead atoms. The normalized spacial score (nSPS) is 16.4. The quantitative estimate of drug-likeness (QED) is 0.745. The molecule has 3 rings (SSSR count). The summed E-state index contributed by atoms with van der Waals surface area (Å²) in [4.78, 5) is 17.5. The Morgan fingerprint density at radius 3 is 2.26 bits per heavy atom. The highest BCUT2D eigenvalue weighted by Crippen LogP contribution is 2.25. The first-order valence-electron chi connectivity index (χ1n) is 9.46. The summed E-state index contributed by atoms with van der Waals surface area (Å²) >= 11 is 0. The van der Waals surface area contributed by atoms with Gasteiger partial charge in [0.15, 0.2) is 0 Å². The van der Waals surface area contributed by atoms with Crippen molar-refractivity contribution in [3.63, 3.8) is 0 Å². The van der Waals surface area contributed by atoms with E-state index in [1.165, 1.54) is 0 Å². The first kappa shape index (κ1) is 19.3. The molecule has 0 atom stereocenters. The van der Waals surface area contributed by atoms with Gasteiger partial charge >= 0.3 is 0 Å². The Morgan fingerprint density at radius 2 is 1.81 bits per heavy atom. The van der Waals surface area contributed by atoms with Crippen LogP contribution in [0.3, 0.4) is 0 Å². The van der Waals surface area contributed by atoms with E-state index in [1.807, 2.05) is 48.9 Å². The number of aromatic nitrogens is 2. The molecule has 0 spiro atoms. The van der Waals surface area contributed by atoms with Gasteiger partial charge in [0.1, 0.15) is 12.3 Å². The van der Waals surface area contributed by atoms with Crippen LogP contribution < -0.4 is 0 Å². The van der Waals surface area contributed by atoms with Gasteiger partial charge in [0.05, 0.1) is 11.1 Å². The number of ketones is 1. The molecule has 0 fully saturated rings. The number of nitrogens with zero attached hydrogens (tertiary/aromatic N) is 3. The van der Waals surface area contributed by atoms with Crippen LogP contribution in [0.25, 0.3) is 0 Å². The van der Waals surface area contributed by atoms with E-state index < -0.39 is 0 Å². The molecule has 0 saturated carbocycles. The molecule has 27 heavy (non-hydrogen) atoms. The van der Waals surface area contributed by atoms with Crippen molar-refractivity contribution in [1.29, 1.82) is 0 Å². The number of carbonyl (C=O) groups excluding carboxylic acids is 1. The second-order valence-electron chi connectivity index (χ2n) is 9.12. The molecule has 2 heterocycles. The zero-order valence-electron chi connectivity index (χ0n) is 17.3. The molecule has 0 amide bonds. The Hall–Kier alpha value is -2.43. The molecule has 5 heteroatoms. The maximum absolute atomic E-state index is 13.0. The Bertz CT molecular complexity index is 881. The van der Waals surface area contributed by atoms with Crippen molar-refractivity contribution in [3.8, 4) is 0 Å². The zero-order valence-corrected chi connectivity index (χ0v) is 17.3. The Kier molecular flexibility index (Phi) is 4.74. The van der Waals surface area contributed by atoms with Gasteiger partial charge in [0, 0.05) is 16.8 Å². The molecule has 0 radical (unpaired) electrons. The van der Waals surface area contributed by atoms with Crippen LogP contribution in [0.2, 0.25) is 0 Å². The molecule has 2 aromatic rings. The first-order chi connectivity index (χ1) is 12.5. The summed E-state index contributed by atoms with van der Waals surface area (Å²) in [6.45, 7) is 15.2. The summed E-state index contributed by atoms with van der Waals surface area (Å²) < 4.78 is 7.63. The number of ether oxygens (including phenoxy) is 1. The molecule has 0 N–H and O–H groups in total. The van der Waals surface area contributed by atoms with Crippen LogP contribution in [0.1, 0.15) is 81.7 Å². The van der Waals surface area contributed by atoms with Crippen molar-refractivity contribution in [2.24, 2.45) is 4.99 Å². The fraction of sp³-hybridized carbons (Fsp3) is 0.500. The molecule has 1 aromatic heterocycles. The van der Waals surface area contributed by atoms with Gasteiger partial charge in [0.25, 0.3) is 0 Å². The summed E-state index contributed by atoms with van der Waals surface area (Å²) in [6.07, 6.45) is 0. The van der Waals surface area contributed by atoms with E-state index in [-0.39, 0.29) is 16.9 Å². The van der Waals surface area contributed by atoms with Crippen molar-refractivity contribution in [2.45, 2.75) is 65.5 Å². The van der Waals surface area contributed by atoms with Crippen LogP contribution in [0, 0.1) is 0 Å². The van der Waals surface area contributed by atoms with Crippen LogP contribution in [0.15, 0.2) is 35.3 Å². The third-order valence-corrected chi connectivity index (χ3v) is 4.56. The Morgan fingerprint density at radius 1 is 1.19 bits per heavy atom. The van der Waals surface area contributed by atoms with E-state index in [0.29, 0.717) is 29.7 Å². The summed E-state index contributed by atoms with van der Waals surface area (Å²) in [6, 6.07) is 9.33. The lowest BCUT2D eigenvalue weighted by Crippen LogP contribution is -2.26. The predicted molar refractivity (Wildman–Crippen MR) is 108 cm³/mol. The smallest absolute Gasteiger partial charge is 0.216 e. The monoisotopic (exact) mass is 367 g/mol. The summed E-state index contributed by atoms with van der Waals surface area (Å²) in [7, 11) is 0. The van der Waals surface area contributed by atoms with Crippen molar-refractivity contribution < 1.29 is 9.53 Å². The molecule has 0 unspecified atom stereocenters. The number of aliphatic imine (C=N–C) groups is 1. The van der Waals surface area contributed by atoms with Crippen molar-refractivity contribution in [2.75, 3.05) is 6.61 Å². The lowest BCUT2D eigenvalue weighted by atomic mass is 10.0. The van der Waals surface area contributed by atoms with Crippen molar-refractivity contribution >= 4 is 11.7 Å². The number of hydrogen-bond donors (Lipinski definition) is 0. The van der Waals surface area contributed by atoms with Crippen molar-refractivity contribution in [1.82, 2.24) is 9.78 Å². The average molecular weight is 367 g/mol. The molecule has 0 saturated heterocycles. The average Bonchev–Trinajstić information content (AvgIpc) is 3.18. The standard InChI is InChI=1S/C22H29N3O2/c1-14(2)18-12-17(24-25(18)21(3,4)5)19(26)15-8-10-16(11-9-15)20-23-22(6,7)13-27-20/h8-12,14H,13H2,1-7H3. The van der Waals surface area contributed by atoms with E-state index in [1.54, 1.807) is 0 Å². The lowest BCUT2D eigenvalue weighted by Gasteiger charge is -2.23. The zero-order chi connectivity index (χ0) is 20.0. The fourth-order valence-electron chi connectivity index (χ4n) is 3.10. The lowest BCUT2D eigenvalue weighted by molar-refractivity contribution is 0.103.